The molecule has 1 saturated carbocycles. The van der Waals surface area contributed by atoms with Crippen LogP contribution in [0, 0.1) is 12.8 Å². The minimum atomic E-state index is -2.27. The van der Waals surface area contributed by atoms with Crippen LogP contribution >= 0.6 is 0 Å². The third-order valence-corrected chi connectivity index (χ3v) is 8.24. The van der Waals surface area contributed by atoms with E-state index in [9.17, 15) is 23.1 Å². The molecule has 1 aromatic carbocycles. The number of amides is 2. The molecule has 0 spiro atoms. The smallest absolute Gasteiger partial charge is 0.303 e. The Balaban J connectivity index is 1.52. The fourth-order valence-corrected chi connectivity index (χ4v) is 5.44. The van der Waals surface area contributed by atoms with Crippen molar-refractivity contribution in [2.24, 2.45) is 5.92 Å². The van der Waals surface area contributed by atoms with Crippen LogP contribution in [0.15, 0.2) is 34.7 Å². The zero-order valence-corrected chi connectivity index (χ0v) is 25.0. The predicted molar refractivity (Wildman–Crippen MR) is 159 cm³/mol. The van der Waals surface area contributed by atoms with Crippen molar-refractivity contribution in [3.8, 4) is 11.3 Å². The van der Waals surface area contributed by atoms with Gasteiger partial charge in [0, 0.05) is 38.0 Å². The summed E-state index contributed by atoms with van der Waals surface area (Å²) in [5.41, 5.74) is 4.11. The number of benzene rings is 1. The van der Waals surface area contributed by atoms with Crippen LogP contribution in [0.5, 0.6) is 0 Å². The van der Waals surface area contributed by atoms with Crippen LogP contribution in [0.4, 0.5) is 0 Å². The third kappa shape index (κ3) is 7.81. The standard InChI is InChI=1S/C30H38N4O7S/c1-18-8-10-21(11-9-18)27-26(29(38)31-3)23-16-22(20-12-13-20)24(33-30(23)41-27)17-34(42(39)40)15-5-6-19(2)28(37)32-14-4-7-25(35)36/h8-11,16,19-20H,4-7,12-15,17H2,1-3H3,(H,31,38)(H,32,37)(H,35,36)(H,39,40)/t19-/m0/s1. The molecule has 2 heterocycles. The van der Waals surface area contributed by atoms with E-state index >= 15 is 0 Å². The second kappa shape index (κ2) is 14.0. The molecule has 2 atom stereocenters. The third-order valence-electron chi connectivity index (χ3n) is 7.49. The Morgan fingerprint density at radius 2 is 1.90 bits per heavy atom. The molecule has 1 aliphatic carbocycles. The quantitative estimate of drug-likeness (QED) is 0.148. The topological polar surface area (TPSA) is 162 Å². The van der Waals surface area contributed by atoms with Gasteiger partial charge in [-0.15, -0.1) is 0 Å². The number of carboxylic acid groups (broad SMARTS) is 1. The van der Waals surface area contributed by atoms with E-state index in [1.165, 1.54) is 4.31 Å². The van der Waals surface area contributed by atoms with Crippen LogP contribution in [0.2, 0.25) is 0 Å². The number of fused-ring (bicyclic) bond motifs is 1. The monoisotopic (exact) mass is 598 g/mol. The van der Waals surface area contributed by atoms with E-state index in [0.29, 0.717) is 53.9 Å². The Morgan fingerprint density at radius 1 is 1.19 bits per heavy atom. The van der Waals surface area contributed by atoms with Crippen LogP contribution in [0.25, 0.3) is 22.4 Å². The highest BCUT2D eigenvalue weighted by Crippen LogP contribution is 2.44. The van der Waals surface area contributed by atoms with Gasteiger partial charge in [-0.25, -0.2) is 9.19 Å². The molecule has 3 aromatic rings. The summed E-state index contributed by atoms with van der Waals surface area (Å²) in [7, 11) is 1.57. The molecule has 1 fully saturated rings. The molecule has 1 aliphatic rings. The van der Waals surface area contributed by atoms with Crippen molar-refractivity contribution in [3.63, 3.8) is 0 Å². The SMILES string of the molecule is CNC(=O)c1c(-c2ccc(C)cc2)oc2nc(CN(CCC[C@H](C)C(=O)NCCCC(=O)O)S(=O)O)c(C3CC3)cc12. The van der Waals surface area contributed by atoms with Gasteiger partial charge >= 0.3 is 5.97 Å². The van der Waals surface area contributed by atoms with Gasteiger partial charge in [-0.3, -0.25) is 18.9 Å². The van der Waals surface area contributed by atoms with Gasteiger partial charge in [-0.1, -0.05) is 36.8 Å². The molecule has 1 unspecified atom stereocenters. The molecule has 4 rings (SSSR count). The number of carbonyl (C=O) groups is 3. The molecule has 42 heavy (non-hydrogen) atoms. The first kappa shape index (κ1) is 31.3. The number of rotatable bonds is 15. The molecule has 0 aliphatic heterocycles. The van der Waals surface area contributed by atoms with Crippen molar-refractivity contribution >= 4 is 40.1 Å². The summed E-state index contributed by atoms with van der Waals surface area (Å²) in [6, 6.07) is 9.63. The lowest BCUT2D eigenvalue weighted by Crippen LogP contribution is -2.31. The summed E-state index contributed by atoms with van der Waals surface area (Å²) in [6.45, 7) is 4.42. The van der Waals surface area contributed by atoms with Gasteiger partial charge in [0.05, 0.1) is 23.2 Å². The number of hydrogen-bond donors (Lipinski definition) is 4. The van der Waals surface area contributed by atoms with Crippen molar-refractivity contribution in [2.75, 3.05) is 20.1 Å². The number of aryl methyl sites for hydroxylation is 1. The Morgan fingerprint density at radius 3 is 2.52 bits per heavy atom. The number of hydrogen-bond acceptors (Lipinski definition) is 6. The average Bonchev–Trinajstić information content (AvgIpc) is 3.74. The normalized spacial score (nSPS) is 14.6. The van der Waals surface area contributed by atoms with E-state index in [4.69, 9.17) is 14.5 Å². The van der Waals surface area contributed by atoms with E-state index in [0.717, 1.165) is 29.5 Å². The molecule has 11 nitrogen and oxygen atoms in total. The molecule has 0 bridgehead atoms. The first-order chi connectivity index (χ1) is 20.1. The summed E-state index contributed by atoms with van der Waals surface area (Å²) in [4.78, 5) is 40.7. The van der Waals surface area contributed by atoms with Crippen molar-refractivity contribution in [1.82, 2.24) is 19.9 Å². The van der Waals surface area contributed by atoms with Crippen LogP contribution in [-0.4, -0.2) is 61.1 Å². The predicted octanol–water partition coefficient (Wildman–Crippen LogP) is 4.38. The van der Waals surface area contributed by atoms with Gasteiger partial charge < -0.3 is 20.2 Å². The summed E-state index contributed by atoms with van der Waals surface area (Å²) in [5.74, 6) is -1.00. The second-order valence-corrected chi connectivity index (χ2v) is 11.8. The van der Waals surface area contributed by atoms with E-state index in [-0.39, 0.29) is 43.2 Å². The van der Waals surface area contributed by atoms with Gasteiger partial charge in [0.2, 0.25) is 22.9 Å². The number of furan rings is 1. The first-order valence-corrected chi connectivity index (χ1v) is 15.3. The molecule has 12 heteroatoms. The zero-order chi connectivity index (χ0) is 30.4. The van der Waals surface area contributed by atoms with E-state index in [1.54, 1.807) is 14.0 Å². The van der Waals surface area contributed by atoms with Gasteiger partial charge in [0.1, 0.15) is 5.76 Å². The lowest BCUT2D eigenvalue weighted by molar-refractivity contribution is -0.137. The molecule has 0 radical (unpaired) electrons. The van der Waals surface area contributed by atoms with Crippen LogP contribution in [-0.2, 0) is 27.4 Å². The molecule has 226 valence electrons. The number of carboxylic acids is 1. The van der Waals surface area contributed by atoms with Crippen molar-refractivity contribution in [2.45, 2.75) is 64.8 Å². The van der Waals surface area contributed by atoms with Crippen molar-refractivity contribution in [3.05, 3.63) is 52.7 Å². The molecular weight excluding hydrogens is 560 g/mol. The molecule has 2 aromatic heterocycles. The first-order valence-electron chi connectivity index (χ1n) is 14.2. The van der Waals surface area contributed by atoms with E-state index in [1.807, 2.05) is 37.3 Å². The Bertz CT molecular complexity index is 1470. The summed E-state index contributed by atoms with van der Waals surface area (Å²) in [5, 5.41) is 14.8. The minimum absolute atomic E-state index is 0.00695. The van der Waals surface area contributed by atoms with Gasteiger partial charge in [-0.2, -0.15) is 4.31 Å². The highest BCUT2D eigenvalue weighted by atomic mass is 32.2. The van der Waals surface area contributed by atoms with Crippen LogP contribution in [0.3, 0.4) is 0 Å². The number of aromatic nitrogens is 1. The van der Waals surface area contributed by atoms with Crippen molar-refractivity contribution in [1.29, 1.82) is 0 Å². The highest BCUT2D eigenvalue weighted by molar-refractivity contribution is 7.76. The van der Waals surface area contributed by atoms with E-state index < -0.39 is 17.2 Å². The number of nitrogens with zero attached hydrogens (tertiary/aromatic N) is 2. The maximum atomic E-state index is 13.0. The Labute approximate surface area is 247 Å². The van der Waals surface area contributed by atoms with Gasteiger partial charge in [-0.05, 0) is 56.6 Å². The fourth-order valence-electron chi connectivity index (χ4n) is 4.92. The lowest BCUT2D eigenvalue weighted by Gasteiger charge is -2.20. The Hall–Kier alpha value is -3.61. The zero-order valence-electron chi connectivity index (χ0n) is 24.1. The van der Waals surface area contributed by atoms with Crippen molar-refractivity contribution < 1.29 is 32.7 Å². The van der Waals surface area contributed by atoms with Gasteiger partial charge in [0.15, 0.2) is 0 Å². The number of aliphatic carboxylic acids is 1. The van der Waals surface area contributed by atoms with Gasteiger partial charge in [0.25, 0.3) is 5.91 Å². The highest BCUT2D eigenvalue weighted by Gasteiger charge is 2.31. The maximum Gasteiger partial charge on any atom is 0.303 e. The summed E-state index contributed by atoms with van der Waals surface area (Å²) < 4.78 is 30.0. The Kier molecular flexibility index (Phi) is 10.5. The molecular formula is C30H38N4O7S. The van der Waals surface area contributed by atoms with E-state index in [2.05, 4.69) is 10.6 Å². The average molecular weight is 599 g/mol. The molecule has 0 saturated heterocycles. The number of pyridine rings is 1. The summed E-state index contributed by atoms with van der Waals surface area (Å²) >= 11 is -2.27. The minimum Gasteiger partial charge on any atom is -0.481 e. The lowest BCUT2D eigenvalue weighted by atomic mass is 10.0. The van der Waals surface area contributed by atoms with Crippen LogP contribution in [0.1, 0.15) is 78.5 Å². The number of carbonyl (C=O) groups excluding carboxylic acids is 2. The second-order valence-electron chi connectivity index (χ2n) is 10.8. The maximum absolute atomic E-state index is 13.0. The largest absolute Gasteiger partial charge is 0.481 e. The molecule has 2 amide bonds. The number of nitrogens with one attached hydrogen (secondary N) is 2. The summed E-state index contributed by atoms with van der Waals surface area (Å²) in [6.07, 6.45) is 3.29. The van der Waals surface area contributed by atoms with Crippen LogP contribution < -0.4 is 10.6 Å². The fraction of sp³-hybridized carbons (Fsp3) is 0.467. The molecule has 4 N–H and O–H groups in total.